The monoisotopic (exact) mass is 295 g/mol. The molecule has 7 nitrogen and oxygen atoms in total. The summed E-state index contributed by atoms with van der Waals surface area (Å²) in [5.41, 5.74) is 5.72. The Bertz CT molecular complexity index is 397. The maximum absolute atomic E-state index is 12.0. The Hall–Kier alpha value is -1.65. The first-order chi connectivity index (χ1) is 9.95. The van der Waals surface area contributed by atoms with Crippen LogP contribution in [0, 0.1) is 17.2 Å². The molecular weight excluding hydrogens is 270 g/mol. The second-order valence-corrected chi connectivity index (χ2v) is 5.62. The highest BCUT2D eigenvalue weighted by Gasteiger charge is 2.22. The summed E-state index contributed by atoms with van der Waals surface area (Å²) in [6.45, 7) is 7.29. The van der Waals surface area contributed by atoms with Crippen LogP contribution in [0.5, 0.6) is 0 Å². The van der Waals surface area contributed by atoms with Crippen molar-refractivity contribution in [2.45, 2.75) is 26.3 Å². The van der Waals surface area contributed by atoms with Crippen molar-refractivity contribution in [2.75, 3.05) is 39.3 Å². The summed E-state index contributed by atoms with van der Waals surface area (Å²) in [7, 11) is 0. The van der Waals surface area contributed by atoms with Gasteiger partial charge in [-0.2, -0.15) is 5.26 Å². The van der Waals surface area contributed by atoms with Gasteiger partial charge in [0.1, 0.15) is 0 Å². The van der Waals surface area contributed by atoms with E-state index in [-0.39, 0.29) is 24.3 Å². The molecule has 1 rings (SSSR count). The van der Waals surface area contributed by atoms with Gasteiger partial charge in [0.15, 0.2) is 0 Å². The van der Waals surface area contributed by atoms with Crippen LogP contribution in [0.3, 0.4) is 0 Å². The van der Waals surface area contributed by atoms with E-state index >= 15 is 0 Å². The topological polar surface area (TPSA) is 102 Å². The summed E-state index contributed by atoms with van der Waals surface area (Å²) in [5, 5.41) is 11.1. The fourth-order valence-electron chi connectivity index (χ4n) is 2.12. The number of nitrogens with zero attached hydrogens (tertiary/aromatic N) is 3. The molecule has 0 spiro atoms. The van der Waals surface area contributed by atoms with E-state index in [0.29, 0.717) is 19.5 Å². The summed E-state index contributed by atoms with van der Waals surface area (Å²) in [4.78, 5) is 27.6. The Kier molecular flexibility index (Phi) is 7.12. The molecule has 0 radical (unpaired) electrons. The molecule has 0 aromatic carbocycles. The standard InChI is InChI=1S/C14H25N5O2/c1-11(2)13(16)14(21)17-10-12(20)19-8-6-18(7-9-19)5-3-4-15/h11,13H,3,5-10,16H2,1-2H3,(H,17,21)/t13-/m0/s1. The molecular formula is C14H25N5O2. The summed E-state index contributed by atoms with van der Waals surface area (Å²) >= 11 is 0. The largest absolute Gasteiger partial charge is 0.346 e. The highest BCUT2D eigenvalue weighted by atomic mass is 16.2. The molecule has 118 valence electrons. The molecule has 1 fully saturated rings. The molecule has 1 saturated heterocycles. The van der Waals surface area contributed by atoms with E-state index < -0.39 is 6.04 Å². The zero-order valence-corrected chi connectivity index (χ0v) is 12.8. The highest BCUT2D eigenvalue weighted by molar-refractivity contribution is 5.87. The third kappa shape index (κ3) is 5.69. The molecule has 7 heteroatoms. The first-order valence-electron chi connectivity index (χ1n) is 7.36. The predicted octanol–water partition coefficient (Wildman–Crippen LogP) is -0.856. The summed E-state index contributed by atoms with van der Waals surface area (Å²) in [6.07, 6.45) is 0.511. The van der Waals surface area contributed by atoms with Crippen LogP contribution in [-0.2, 0) is 9.59 Å². The van der Waals surface area contributed by atoms with Crippen LogP contribution in [0.2, 0.25) is 0 Å². The van der Waals surface area contributed by atoms with Crippen LogP contribution in [0.25, 0.3) is 0 Å². The van der Waals surface area contributed by atoms with Gasteiger partial charge in [-0.15, -0.1) is 0 Å². The minimum Gasteiger partial charge on any atom is -0.346 e. The molecule has 0 aliphatic carbocycles. The Balaban J connectivity index is 2.28. The molecule has 3 N–H and O–H groups in total. The zero-order valence-electron chi connectivity index (χ0n) is 12.8. The number of hydrogen-bond donors (Lipinski definition) is 2. The predicted molar refractivity (Wildman–Crippen MR) is 79.1 cm³/mol. The van der Waals surface area contributed by atoms with Gasteiger partial charge in [-0.3, -0.25) is 14.5 Å². The van der Waals surface area contributed by atoms with Gasteiger partial charge in [0.25, 0.3) is 0 Å². The van der Waals surface area contributed by atoms with Gasteiger partial charge in [-0.05, 0) is 5.92 Å². The maximum Gasteiger partial charge on any atom is 0.242 e. The average Bonchev–Trinajstić information content (AvgIpc) is 2.49. The summed E-state index contributed by atoms with van der Waals surface area (Å²) in [5.74, 6) is -0.325. The van der Waals surface area contributed by atoms with Crippen molar-refractivity contribution >= 4 is 11.8 Å². The van der Waals surface area contributed by atoms with E-state index in [4.69, 9.17) is 11.0 Å². The summed E-state index contributed by atoms with van der Waals surface area (Å²) < 4.78 is 0. The van der Waals surface area contributed by atoms with Gasteiger partial charge >= 0.3 is 0 Å². The van der Waals surface area contributed by atoms with Crippen molar-refractivity contribution in [2.24, 2.45) is 11.7 Å². The molecule has 1 aliphatic rings. The molecule has 1 atom stereocenters. The van der Waals surface area contributed by atoms with Gasteiger partial charge in [0.05, 0.1) is 18.7 Å². The SMILES string of the molecule is CC(C)[C@H](N)C(=O)NCC(=O)N1CCN(CCC#N)CC1. The molecule has 0 unspecified atom stereocenters. The molecule has 0 aromatic heterocycles. The third-order valence-electron chi connectivity index (χ3n) is 3.70. The molecule has 2 amide bonds. The molecule has 21 heavy (non-hydrogen) atoms. The lowest BCUT2D eigenvalue weighted by Crippen LogP contribution is -2.52. The zero-order chi connectivity index (χ0) is 15.8. The number of hydrogen-bond acceptors (Lipinski definition) is 5. The van der Waals surface area contributed by atoms with Gasteiger partial charge in [0.2, 0.25) is 11.8 Å². The molecule has 0 saturated carbocycles. The normalized spacial score (nSPS) is 17.4. The fourth-order valence-corrected chi connectivity index (χ4v) is 2.12. The van der Waals surface area contributed by atoms with Crippen molar-refractivity contribution in [3.63, 3.8) is 0 Å². The quantitative estimate of drug-likeness (QED) is 0.664. The van der Waals surface area contributed by atoms with Crippen molar-refractivity contribution in [1.82, 2.24) is 15.1 Å². The van der Waals surface area contributed by atoms with Crippen molar-refractivity contribution in [3.8, 4) is 6.07 Å². The highest BCUT2D eigenvalue weighted by Crippen LogP contribution is 2.03. The molecule has 1 heterocycles. The number of nitrogens with one attached hydrogen (secondary N) is 1. The van der Waals surface area contributed by atoms with E-state index in [9.17, 15) is 9.59 Å². The second-order valence-electron chi connectivity index (χ2n) is 5.62. The van der Waals surface area contributed by atoms with Crippen molar-refractivity contribution in [1.29, 1.82) is 5.26 Å². The Labute approximate surface area is 126 Å². The van der Waals surface area contributed by atoms with Crippen LogP contribution in [-0.4, -0.2) is 66.9 Å². The van der Waals surface area contributed by atoms with E-state index in [1.54, 1.807) is 4.90 Å². The minimum absolute atomic E-state index is 0.00253. The first-order valence-corrected chi connectivity index (χ1v) is 7.36. The lowest BCUT2D eigenvalue weighted by molar-refractivity contribution is -0.134. The number of carbonyl (C=O) groups excluding carboxylic acids is 2. The van der Waals surface area contributed by atoms with Gasteiger partial charge < -0.3 is 16.0 Å². The minimum atomic E-state index is -0.583. The Morgan fingerprint density at radius 2 is 1.90 bits per heavy atom. The lowest BCUT2D eigenvalue weighted by atomic mass is 10.1. The number of nitrogens with two attached hydrogens (primary N) is 1. The third-order valence-corrected chi connectivity index (χ3v) is 3.70. The molecule has 0 aromatic rings. The molecule has 0 bridgehead atoms. The van der Waals surface area contributed by atoms with E-state index in [2.05, 4.69) is 16.3 Å². The van der Waals surface area contributed by atoms with Crippen molar-refractivity contribution in [3.05, 3.63) is 0 Å². The lowest BCUT2D eigenvalue weighted by Gasteiger charge is -2.34. The summed E-state index contributed by atoms with van der Waals surface area (Å²) in [6, 6.07) is 1.54. The van der Waals surface area contributed by atoms with Crippen molar-refractivity contribution < 1.29 is 9.59 Å². The van der Waals surface area contributed by atoms with Crippen LogP contribution in [0.1, 0.15) is 20.3 Å². The Morgan fingerprint density at radius 3 is 2.43 bits per heavy atom. The van der Waals surface area contributed by atoms with Crippen LogP contribution >= 0.6 is 0 Å². The van der Waals surface area contributed by atoms with E-state index in [0.717, 1.165) is 19.6 Å². The number of amides is 2. The van der Waals surface area contributed by atoms with Crippen LogP contribution < -0.4 is 11.1 Å². The number of rotatable bonds is 6. The van der Waals surface area contributed by atoms with Gasteiger partial charge in [-0.25, -0.2) is 0 Å². The number of nitriles is 1. The Morgan fingerprint density at radius 1 is 1.29 bits per heavy atom. The average molecular weight is 295 g/mol. The molecule has 1 aliphatic heterocycles. The second kappa shape index (κ2) is 8.60. The fraction of sp³-hybridized carbons (Fsp3) is 0.786. The van der Waals surface area contributed by atoms with Gasteiger partial charge in [-0.1, -0.05) is 13.8 Å². The van der Waals surface area contributed by atoms with E-state index in [1.807, 2.05) is 13.8 Å². The van der Waals surface area contributed by atoms with Gasteiger partial charge in [0, 0.05) is 39.1 Å². The van der Waals surface area contributed by atoms with E-state index in [1.165, 1.54) is 0 Å². The first kappa shape index (κ1) is 17.4. The number of piperazine rings is 1. The smallest absolute Gasteiger partial charge is 0.242 e. The van der Waals surface area contributed by atoms with Crippen LogP contribution in [0.15, 0.2) is 0 Å². The number of carbonyl (C=O) groups is 2. The maximum atomic E-state index is 12.0. The van der Waals surface area contributed by atoms with Crippen LogP contribution in [0.4, 0.5) is 0 Å².